The zero-order valence-electron chi connectivity index (χ0n) is 11.4. The molecular formula is C14H9Cl2N3O4. The summed E-state index contributed by atoms with van der Waals surface area (Å²) in [6, 6.07) is 9.36. The number of amides is 2. The number of rotatable bonds is 3. The summed E-state index contributed by atoms with van der Waals surface area (Å²) in [6.45, 7) is 0. The van der Waals surface area contributed by atoms with Crippen LogP contribution in [-0.4, -0.2) is 16.7 Å². The van der Waals surface area contributed by atoms with Crippen molar-refractivity contribution in [1.29, 1.82) is 0 Å². The number of carbonyl (C=O) groups excluding carboxylic acids is 2. The van der Waals surface area contributed by atoms with Crippen LogP contribution in [-0.2, 0) is 0 Å². The summed E-state index contributed by atoms with van der Waals surface area (Å²) in [5, 5.41) is 11.2. The minimum Gasteiger partial charge on any atom is -0.267 e. The highest BCUT2D eigenvalue weighted by atomic mass is 35.5. The van der Waals surface area contributed by atoms with Gasteiger partial charge in [0.2, 0.25) is 0 Å². The van der Waals surface area contributed by atoms with E-state index in [1.165, 1.54) is 36.4 Å². The first-order valence-electron chi connectivity index (χ1n) is 6.18. The van der Waals surface area contributed by atoms with Crippen molar-refractivity contribution in [2.45, 2.75) is 0 Å². The van der Waals surface area contributed by atoms with Crippen molar-refractivity contribution in [3.05, 3.63) is 73.8 Å². The number of nitro groups is 1. The predicted octanol–water partition coefficient (Wildman–Crippen LogP) is 2.98. The third-order valence-corrected chi connectivity index (χ3v) is 3.33. The average molecular weight is 354 g/mol. The lowest BCUT2D eigenvalue weighted by Gasteiger charge is -2.08. The Kier molecular flexibility index (Phi) is 5.15. The highest BCUT2D eigenvalue weighted by molar-refractivity contribution is 6.36. The van der Waals surface area contributed by atoms with Gasteiger partial charge in [-0.15, -0.1) is 0 Å². The van der Waals surface area contributed by atoms with E-state index >= 15 is 0 Å². The molecule has 9 heteroatoms. The van der Waals surface area contributed by atoms with Gasteiger partial charge in [0.1, 0.15) is 0 Å². The van der Waals surface area contributed by atoms with Gasteiger partial charge in [-0.3, -0.25) is 30.6 Å². The fraction of sp³-hybridized carbons (Fsp3) is 0. The zero-order valence-corrected chi connectivity index (χ0v) is 12.9. The number of nitro benzene ring substituents is 1. The van der Waals surface area contributed by atoms with E-state index in [2.05, 4.69) is 10.9 Å². The van der Waals surface area contributed by atoms with Gasteiger partial charge in [-0.2, -0.15) is 0 Å². The number of halogens is 2. The van der Waals surface area contributed by atoms with Gasteiger partial charge in [-0.25, -0.2) is 0 Å². The number of nitrogens with one attached hydrogen (secondary N) is 2. The first-order valence-corrected chi connectivity index (χ1v) is 6.94. The summed E-state index contributed by atoms with van der Waals surface area (Å²) >= 11 is 11.6. The molecule has 0 aliphatic heterocycles. The molecule has 0 bridgehead atoms. The molecule has 0 saturated heterocycles. The van der Waals surface area contributed by atoms with Gasteiger partial charge in [0.25, 0.3) is 17.5 Å². The second-order valence-electron chi connectivity index (χ2n) is 4.34. The Balaban J connectivity index is 2.05. The number of nitrogens with zero attached hydrogens (tertiary/aromatic N) is 1. The van der Waals surface area contributed by atoms with Crippen LogP contribution in [0.4, 0.5) is 5.69 Å². The van der Waals surface area contributed by atoms with Crippen LogP contribution in [0.5, 0.6) is 0 Å². The molecule has 2 amide bonds. The van der Waals surface area contributed by atoms with Crippen LogP contribution in [0.15, 0.2) is 42.5 Å². The Morgan fingerprint density at radius 3 is 2.35 bits per heavy atom. The molecule has 118 valence electrons. The first-order chi connectivity index (χ1) is 10.9. The second-order valence-corrected chi connectivity index (χ2v) is 5.18. The lowest BCUT2D eigenvalue weighted by atomic mass is 10.2. The van der Waals surface area contributed by atoms with Crippen molar-refractivity contribution in [2.24, 2.45) is 0 Å². The van der Waals surface area contributed by atoms with E-state index in [0.717, 1.165) is 6.07 Å². The van der Waals surface area contributed by atoms with Crippen molar-refractivity contribution < 1.29 is 14.5 Å². The van der Waals surface area contributed by atoms with E-state index < -0.39 is 16.7 Å². The minimum absolute atomic E-state index is 0.0294. The minimum atomic E-state index is -0.702. The van der Waals surface area contributed by atoms with E-state index in [4.69, 9.17) is 23.2 Å². The lowest BCUT2D eigenvalue weighted by molar-refractivity contribution is -0.384. The van der Waals surface area contributed by atoms with E-state index in [9.17, 15) is 19.7 Å². The van der Waals surface area contributed by atoms with E-state index in [1.807, 2.05) is 0 Å². The number of hydrogen-bond acceptors (Lipinski definition) is 4. The largest absolute Gasteiger partial charge is 0.271 e. The van der Waals surface area contributed by atoms with Gasteiger partial charge in [0.05, 0.1) is 15.5 Å². The molecule has 0 aromatic heterocycles. The molecule has 0 atom stereocenters. The lowest BCUT2D eigenvalue weighted by Crippen LogP contribution is -2.41. The van der Waals surface area contributed by atoms with E-state index in [-0.39, 0.29) is 21.8 Å². The maximum absolute atomic E-state index is 11.9. The summed E-state index contributed by atoms with van der Waals surface area (Å²) in [7, 11) is 0. The van der Waals surface area contributed by atoms with Crippen molar-refractivity contribution in [3.8, 4) is 0 Å². The van der Waals surface area contributed by atoms with Crippen LogP contribution < -0.4 is 10.9 Å². The number of benzene rings is 2. The van der Waals surface area contributed by atoms with Crippen molar-refractivity contribution in [1.82, 2.24) is 10.9 Å². The SMILES string of the molecule is O=C(NNC(=O)c1ccc(Cl)cc1Cl)c1cccc([N+](=O)[O-])c1. The molecule has 2 N–H and O–H groups in total. The monoisotopic (exact) mass is 353 g/mol. The highest BCUT2D eigenvalue weighted by Gasteiger charge is 2.14. The van der Waals surface area contributed by atoms with Gasteiger partial charge >= 0.3 is 0 Å². The molecule has 7 nitrogen and oxygen atoms in total. The van der Waals surface area contributed by atoms with Crippen LogP contribution in [0.2, 0.25) is 10.0 Å². The Morgan fingerprint density at radius 1 is 1.00 bits per heavy atom. The predicted molar refractivity (Wildman–Crippen MR) is 84.5 cm³/mol. The molecule has 0 radical (unpaired) electrons. The fourth-order valence-corrected chi connectivity index (χ4v) is 2.18. The van der Waals surface area contributed by atoms with Crippen molar-refractivity contribution in [3.63, 3.8) is 0 Å². The summed E-state index contributed by atoms with van der Waals surface area (Å²) in [5.41, 5.74) is 4.24. The van der Waals surface area contributed by atoms with E-state index in [0.29, 0.717) is 5.02 Å². The van der Waals surface area contributed by atoms with Crippen LogP contribution in [0, 0.1) is 10.1 Å². The third kappa shape index (κ3) is 4.18. The van der Waals surface area contributed by atoms with Gasteiger partial charge in [0, 0.05) is 22.7 Å². The molecule has 0 fully saturated rings. The highest BCUT2D eigenvalue weighted by Crippen LogP contribution is 2.20. The number of non-ortho nitro benzene ring substituents is 1. The van der Waals surface area contributed by atoms with Crippen LogP contribution in [0.1, 0.15) is 20.7 Å². The van der Waals surface area contributed by atoms with Gasteiger partial charge in [0.15, 0.2) is 0 Å². The molecule has 0 aliphatic carbocycles. The molecule has 0 aliphatic rings. The summed E-state index contributed by atoms with van der Waals surface area (Å²) in [4.78, 5) is 33.9. The Bertz CT molecular complexity index is 795. The molecular weight excluding hydrogens is 345 g/mol. The zero-order chi connectivity index (χ0) is 17.0. The maximum Gasteiger partial charge on any atom is 0.271 e. The first kappa shape index (κ1) is 16.7. The number of hydrazine groups is 1. The van der Waals surface area contributed by atoms with E-state index in [1.54, 1.807) is 0 Å². The normalized spacial score (nSPS) is 10.0. The van der Waals surface area contributed by atoms with Gasteiger partial charge in [-0.05, 0) is 24.3 Å². The quantitative estimate of drug-likeness (QED) is 0.654. The standard InChI is InChI=1S/C14H9Cl2N3O4/c15-9-4-5-11(12(16)7-9)14(21)18-17-13(20)8-2-1-3-10(6-8)19(22)23/h1-7H,(H,17,20)(H,18,21). The van der Waals surface area contributed by atoms with Crippen LogP contribution in [0.25, 0.3) is 0 Å². The smallest absolute Gasteiger partial charge is 0.267 e. The number of carbonyl (C=O) groups is 2. The Morgan fingerprint density at radius 2 is 1.70 bits per heavy atom. The maximum atomic E-state index is 11.9. The fourth-order valence-electron chi connectivity index (χ4n) is 1.69. The molecule has 2 aromatic carbocycles. The van der Waals surface area contributed by atoms with Gasteiger partial charge < -0.3 is 0 Å². The van der Waals surface area contributed by atoms with Crippen molar-refractivity contribution >= 4 is 40.7 Å². The third-order valence-electron chi connectivity index (χ3n) is 2.78. The van der Waals surface area contributed by atoms with Crippen molar-refractivity contribution in [2.75, 3.05) is 0 Å². The molecule has 0 unspecified atom stereocenters. The average Bonchev–Trinajstić information content (AvgIpc) is 2.52. The Hall–Kier alpha value is -2.64. The molecule has 0 saturated carbocycles. The Labute approximate surface area is 140 Å². The summed E-state index contributed by atoms with van der Waals surface area (Å²) in [5.74, 6) is -1.35. The molecule has 2 aromatic rings. The molecule has 23 heavy (non-hydrogen) atoms. The second kappa shape index (κ2) is 7.08. The molecule has 0 spiro atoms. The van der Waals surface area contributed by atoms with Crippen LogP contribution >= 0.6 is 23.2 Å². The molecule has 2 rings (SSSR count). The summed E-state index contributed by atoms with van der Waals surface area (Å²) < 4.78 is 0. The van der Waals surface area contributed by atoms with Gasteiger partial charge in [-0.1, -0.05) is 29.3 Å². The van der Waals surface area contributed by atoms with Crippen LogP contribution in [0.3, 0.4) is 0 Å². The number of hydrogen-bond donors (Lipinski definition) is 2. The molecule has 0 heterocycles. The summed E-state index contributed by atoms with van der Waals surface area (Å²) in [6.07, 6.45) is 0. The topological polar surface area (TPSA) is 101 Å².